The number of carbonyl (C=O) groups excluding carboxylic acids is 2. The number of carboxylic acids is 1. The van der Waals surface area contributed by atoms with E-state index in [2.05, 4.69) is 31.3 Å². The molecule has 1 heterocycles. The van der Waals surface area contributed by atoms with Crippen LogP contribution in [0.5, 0.6) is 0 Å². The standard InChI is InChI=1S/C54H51N7O13S3/c1-29-23-31(3)51(60-53(64)57-35-13-8-7-9-14-35)33(5)49(29)56-37-19-20-39-43(26-37)74-44-28-42(46(75(66,67)55-22-21-47(62)63)27-41(44)48(39)40-17-10-11-18-45(40)77(71,72)73)59-50-30(2)24-32(4)52(34(50)6)61-54(65)58-36-15-12-16-38(25-36)76(68,69)70/h7-20,23-28,55-56H,21-22H2,1-6H3,(H,62,63)(H2,57,60,64)(H2,58,61,65)(H,68,69,70)(H,71,72,73). The van der Waals surface area contributed by atoms with Crippen molar-refractivity contribution in [2.24, 2.45) is 4.99 Å². The summed E-state index contributed by atoms with van der Waals surface area (Å²) in [6, 6.07) is 29.3. The number of urea groups is 2. The van der Waals surface area contributed by atoms with Crippen LogP contribution in [0.2, 0.25) is 0 Å². The summed E-state index contributed by atoms with van der Waals surface area (Å²) >= 11 is 0. The molecule has 0 fully saturated rings. The quantitative estimate of drug-likeness (QED) is 0.0341. The number of aryl methyl sites for hydroxylation is 4. The molecule has 77 heavy (non-hydrogen) atoms. The van der Waals surface area contributed by atoms with Gasteiger partial charge in [-0.15, -0.1) is 0 Å². The highest BCUT2D eigenvalue weighted by molar-refractivity contribution is 7.89. The van der Waals surface area contributed by atoms with Crippen LogP contribution >= 0.6 is 0 Å². The van der Waals surface area contributed by atoms with E-state index in [1.165, 1.54) is 48.5 Å². The number of rotatable bonds is 15. The van der Waals surface area contributed by atoms with E-state index in [0.29, 0.717) is 45.0 Å². The van der Waals surface area contributed by atoms with Crippen LogP contribution in [0.3, 0.4) is 0 Å². The number of carbonyl (C=O) groups is 3. The largest absolute Gasteiger partial charge is 0.481 e. The predicted octanol–water partition coefficient (Wildman–Crippen LogP) is 10.6. The molecule has 8 rings (SSSR count). The molecule has 23 heteroatoms. The zero-order chi connectivity index (χ0) is 55.7. The Morgan fingerprint density at radius 2 is 1.17 bits per heavy atom. The highest BCUT2D eigenvalue weighted by Gasteiger charge is 2.28. The minimum absolute atomic E-state index is 0.0103. The Morgan fingerprint density at radius 1 is 0.558 bits per heavy atom. The average molecular weight is 1100 g/mol. The van der Waals surface area contributed by atoms with E-state index >= 15 is 0 Å². The van der Waals surface area contributed by atoms with Gasteiger partial charge in [-0.1, -0.05) is 54.6 Å². The lowest BCUT2D eigenvalue weighted by Crippen LogP contribution is -2.30. The lowest BCUT2D eigenvalue weighted by Gasteiger charge is -2.21. The molecule has 0 aromatic heterocycles. The predicted molar refractivity (Wildman–Crippen MR) is 293 cm³/mol. The molecule has 0 radical (unpaired) electrons. The summed E-state index contributed by atoms with van der Waals surface area (Å²) in [6.07, 6.45) is -0.584. The molecule has 0 saturated heterocycles. The Hall–Kier alpha value is -8.45. The van der Waals surface area contributed by atoms with Gasteiger partial charge in [0.25, 0.3) is 20.2 Å². The van der Waals surface area contributed by atoms with Crippen molar-refractivity contribution in [1.82, 2.24) is 4.72 Å². The fourth-order valence-corrected chi connectivity index (χ4v) is 11.4. The second-order valence-corrected chi connectivity index (χ2v) is 22.6. The van der Waals surface area contributed by atoms with E-state index in [4.69, 9.17) is 9.41 Å². The molecule has 398 valence electrons. The van der Waals surface area contributed by atoms with Gasteiger partial charge in [-0.25, -0.2) is 27.7 Å². The summed E-state index contributed by atoms with van der Waals surface area (Å²) < 4.78 is 108. The third-order valence-corrected chi connectivity index (χ3v) is 15.7. The van der Waals surface area contributed by atoms with Crippen molar-refractivity contribution >= 4 is 99.1 Å². The van der Waals surface area contributed by atoms with Crippen LogP contribution < -0.4 is 36.7 Å². The van der Waals surface area contributed by atoms with Crippen molar-refractivity contribution in [3.8, 4) is 22.5 Å². The number of hydrogen-bond donors (Lipinski definition) is 9. The van der Waals surface area contributed by atoms with E-state index in [0.717, 1.165) is 23.3 Å². The number of sulfonamides is 1. The van der Waals surface area contributed by atoms with Crippen LogP contribution in [0.25, 0.3) is 33.4 Å². The molecule has 0 unspecified atom stereocenters. The van der Waals surface area contributed by atoms with Crippen molar-refractivity contribution in [3.63, 3.8) is 0 Å². The molecule has 6 aromatic rings. The van der Waals surface area contributed by atoms with Crippen molar-refractivity contribution in [2.45, 2.75) is 62.6 Å². The van der Waals surface area contributed by atoms with Gasteiger partial charge >= 0.3 is 18.0 Å². The first kappa shape index (κ1) is 54.8. The average Bonchev–Trinajstić information content (AvgIpc) is 3.38. The Balaban J connectivity index is 1.32. The maximum absolute atomic E-state index is 14.5. The highest BCUT2D eigenvalue weighted by atomic mass is 32.2. The molecule has 6 aromatic carbocycles. The summed E-state index contributed by atoms with van der Waals surface area (Å²) in [5.74, 6) is -1.29. The zero-order valence-corrected chi connectivity index (χ0v) is 44.5. The summed E-state index contributed by atoms with van der Waals surface area (Å²) in [6.45, 7) is 10.1. The lowest BCUT2D eigenvalue weighted by atomic mass is 9.93. The number of amides is 4. The molecule has 0 bridgehead atoms. The molecular formula is C54H51N7O13S3. The monoisotopic (exact) mass is 1100 g/mol. The van der Waals surface area contributed by atoms with E-state index < -0.39 is 75.9 Å². The van der Waals surface area contributed by atoms with Gasteiger partial charge in [0.15, 0.2) is 0 Å². The number of aliphatic carboxylic acids is 1. The van der Waals surface area contributed by atoms with Gasteiger partial charge in [0.05, 0.1) is 33.7 Å². The van der Waals surface area contributed by atoms with Crippen molar-refractivity contribution < 1.29 is 58.3 Å². The minimum Gasteiger partial charge on any atom is -0.481 e. The van der Waals surface area contributed by atoms with Crippen molar-refractivity contribution in [2.75, 3.05) is 33.1 Å². The first-order chi connectivity index (χ1) is 36.3. The summed E-state index contributed by atoms with van der Waals surface area (Å²) in [5, 5.41) is 24.0. The van der Waals surface area contributed by atoms with Crippen LogP contribution in [0.4, 0.5) is 49.4 Å². The third kappa shape index (κ3) is 12.2. The van der Waals surface area contributed by atoms with Crippen LogP contribution in [0.1, 0.15) is 39.8 Å². The van der Waals surface area contributed by atoms with E-state index in [9.17, 15) is 53.8 Å². The number of para-hydroxylation sites is 1. The smallest absolute Gasteiger partial charge is 0.323 e. The first-order valence-electron chi connectivity index (χ1n) is 23.4. The molecule has 1 aliphatic carbocycles. The summed E-state index contributed by atoms with van der Waals surface area (Å²) in [7, 11) is -14.2. The number of benzene rings is 7. The SMILES string of the molecule is Cc1cc(C)c(NC(=O)Nc2cccc(S(=O)(=O)O)c2)c(C)c1N=c1cc2oc3cc(Nc4c(C)cc(C)c(NC(=O)Nc5ccccc5)c4C)ccc3c(-c3ccccc3S(=O)(=O)O)c-2cc1S(=O)(=O)NCCC(=O)O. The molecule has 1 aliphatic heterocycles. The number of carboxylic acid groups (broad SMARTS) is 1. The lowest BCUT2D eigenvalue weighted by molar-refractivity contribution is -0.136. The number of nitrogens with zero attached hydrogens (tertiary/aromatic N) is 1. The van der Waals surface area contributed by atoms with Gasteiger partial charge in [-0.3, -0.25) is 13.9 Å². The van der Waals surface area contributed by atoms with Gasteiger partial charge < -0.3 is 36.1 Å². The molecule has 0 spiro atoms. The van der Waals surface area contributed by atoms with E-state index in [-0.39, 0.29) is 55.8 Å². The van der Waals surface area contributed by atoms with Gasteiger partial charge in [-0.2, -0.15) is 16.8 Å². The summed E-state index contributed by atoms with van der Waals surface area (Å²) in [4.78, 5) is 41.6. The number of nitrogens with one attached hydrogen (secondary N) is 6. The van der Waals surface area contributed by atoms with Crippen LogP contribution in [-0.2, 0) is 35.1 Å². The van der Waals surface area contributed by atoms with Gasteiger partial charge in [0, 0.05) is 63.5 Å². The van der Waals surface area contributed by atoms with Gasteiger partial charge in [0.1, 0.15) is 21.1 Å². The van der Waals surface area contributed by atoms with Crippen LogP contribution in [0, 0.1) is 41.5 Å². The molecule has 9 N–H and O–H groups in total. The third-order valence-electron chi connectivity index (χ3n) is 12.5. The molecule has 20 nitrogen and oxygen atoms in total. The van der Waals surface area contributed by atoms with E-state index in [1.54, 1.807) is 69.3 Å². The second kappa shape index (κ2) is 21.7. The van der Waals surface area contributed by atoms with Crippen molar-refractivity contribution in [1.29, 1.82) is 0 Å². The fourth-order valence-electron chi connectivity index (χ4n) is 9.03. The minimum atomic E-state index is -4.92. The Labute approximate surface area is 443 Å². The zero-order valence-electron chi connectivity index (χ0n) is 42.1. The number of fused-ring (bicyclic) bond motifs is 2. The number of hydrogen-bond acceptors (Lipinski definition) is 12. The second-order valence-electron chi connectivity index (χ2n) is 18.0. The Bertz CT molecular complexity index is 4110. The fraction of sp³-hybridized carbons (Fsp3) is 0.148. The molecule has 2 aliphatic rings. The van der Waals surface area contributed by atoms with Gasteiger partial charge in [-0.05, 0) is 130 Å². The number of anilines is 6. The van der Waals surface area contributed by atoms with Gasteiger partial charge in [0.2, 0.25) is 10.0 Å². The van der Waals surface area contributed by atoms with Crippen LogP contribution in [-0.4, -0.2) is 64.0 Å². The molecule has 4 amide bonds. The van der Waals surface area contributed by atoms with Crippen LogP contribution in [0.15, 0.2) is 145 Å². The maximum atomic E-state index is 14.5. The Kier molecular flexibility index (Phi) is 15.4. The molecule has 0 saturated carbocycles. The van der Waals surface area contributed by atoms with E-state index in [1.807, 2.05) is 32.9 Å². The maximum Gasteiger partial charge on any atom is 0.323 e. The highest BCUT2D eigenvalue weighted by Crippen LogP contribution is 2.44. The summed E-state index contributed by atoms with van der Waals surface area (Å²) in [5.41, 5.74) is 6.87. The molecular weight excluding hydrogens is 1050 g/mol. The molecule has 0 atom stereocenters. The normalized spacial score (nSPS) is 12.1. The van der Waals surface area contributed by atoms with Crippen molar-refractivity contribution in [3.05, 3.63) is 160 Å². The topological polar surface area (TPSA) is 312 Å². The Morgan fingerprint density at radius 3 is 1.83 bits per heavy atom. The first-order valence-corrected chi connectivity index (χ1v) is 27.8.